The number of hydrogen-bond donors (Lipinski definition) is 2. The van der Waals surface area contributed by atoms with Gasteiger partial charge in [0.25, 0.3) is 0 Å². The summed E-state index contributed by atoms with van der Waals surface area (Å²) in [6.07, 6.45) is 12.5. The number of para-hydroxylation sites is 1. The first kappa shape index (κ1) is 23.2. The Bertz CT molecular complexity index is 1080. The topological polar surface area (TPSA) is 66.4 Å². The minimum absolute atomic E-state index is 0.0497. The third kappa shape index (κ3) is 4.52. The maximum absolute atomic E-state index is 14.1. The summed E-state index contributed by atoms with van der Waals surface area (Å²) in [6, 6.07) is 8.93. The fourth-order valence-electron chi connectivity index (χ4n) is 5.86. The number of nitrogens with zero attached hydrogens (tertiary/aromatic N) is 2. The Hall–Kier alpha value is -2.60. The molecule has 34 heavy (non-hydrogen) atoms. The molecule has 2 amide bonds. The van der Waals surface area contributed by atoms with E-state index in [0.717, 1.165) is 45.2 Å². The highest BCUT2D eigenvalue weighted by Gasteiger charge is 2.51. The van der Waals surface area contributed by atoms with Crippen LogP contribution in [0, 0.1) is 17.3 Å². The van der Waals surface area contributed by atoms with Gasteiger partial charge < -0.3 is 20.1 Å². The largest absolute Gasteiger partial charge is 0.359 e. The Labute approximate surface area is 202 Å². The third-order valence-corrected chi connectivity index (χ3v) is 8.07. The summed E-state index contributed by atoms with van der Waals surface area (Å²) in [4.78, 5) is 28.5. The molecule has 0 spiro atoms. The monoisotopic (exact) mass is 462 g/mol. The van der Waals surface area contributed by atoms with Gasteiger partial charge in [0.1, 0.15) is 0 Å². The second-order valence-corrected chi connectivity index (χ2v) is 10.4. The first-order valence-corrected chi connectivity index (χ1v) is 13.0. The molecule has 0 bridgehead atoms. The van der Waals surface area contributed by atoms with Gasteiger partial charge in [0, 0.05) is 61.7 Å². The minimum atomic E-state index is -0.228. The van der Waals surface area contributed by atoms with Crippen LogP contribution in [0.15, 0.2) is 42.6 Å². The second kappa shape index (κ2) is 9.57. The summed E-state index contributed by atoms with van der Waals surface area (Å²) in [5.74, 6) is 0.400. The van der Waals surface area contributed by atoms with Crippen LogP contribution in [0.5, 0.6) is 0 Å². The molecule has 2 aliphatic carbocycles. The molecule has 1 saturated heterocycles. The molecule has 2 heterocycles. The summed E-state index contributed by atoms with van der Waals surface area (Å²) in [5, 5.41) is 7.50. The van der Waals surface area contributed by atoms with E-state index in [1.807, 2.05) is 0 Å². The highest BCUT2D eigenvalue weighted by atomic mass is 16.2. The zero-order chi connectivity index (χ0) is 23.7. The molecular formula is C28H38N4O2. The molecule has 3 aliphatic rings. The first-order chi connectivity index (χ1) is 16.6. The molecule has 1 aliphatic heterocycles. The van der Waals surface area contributed by atoms with Crippen LogP contribution < -0.4 is 10.6 Å². The van der Waals surface area contributed by atoms with E-state index >= 15 is 0 Å². The number of fused-ring (bicyclic) bond motifs is 1. The van der Waals surface area contributed by atoms with Crippen molar-refractivity contribution in [2.45, 2.75) is 64.6 Å². The number of unbranched alkanes of at least 4 members (excludes halogenated alkanes) is 1. The number of aromatic nitrogens is 1. The molecule has 1 aromatic heterocycles. The van der Waals surface area contributed by atoms with Crippen LogP contribution in [-0.4, -0.2) is 47.5 Å². The van der Waals surface area contributed by atoms with Crippen molar-refractivity contribution in [1.82, 2.24) is 20.1 Å². The molecule has 0 radical (unpaired) electrons. The molecule has 6 heteroatoms. The number of aryl methyl sites for hydroxylation is 1. The number of hydrogen-bond acceptors (Lipinski definition) is 3. The van der Waals surface area contributed by atoms with E-state index in [4.69, 9.17) is 0 Å². The van der Waals surface area contributed by atoms with Gasteiger partial charge in [-0.1, -0.05) is 43.7 Å². The van der Waals surface area contributed by atoms with Crippen LogP contribution in [0.1, 0.15) is 51.0 Å². The number of piperidine rings is 1. The predicted octanol–water partition coefficient (Wildman–Crippen LogP) is 3.85. The molecule has 0 unspecified atom stereocenters. The predicted molar refractivity (Wildman–Crippen MR) is 135 cm³/mol. The van der Waals surface area contributed by atoms with Crippen LogP contribution in [0.2, 0.25) is 0 Å². The molecule has 6 nitrogen and oxygen atoms in total. The van der Waals surface area contributed by atoms with E-state index < -0.39 is 0 Å². The Kier molecular flexibility index (Phi) is 6.52. The Balaban J connectivity index is 1.39. The van der Waals surface area contributed by atoms with Crippen LogP contribution in [0.4, 0.5) is 0 Å². The Morgan fingerprint density at radius 2 is 2.00 bits per heavy atom. The number of nitrogens with one attached hydrogen (secondary N) is 2. The Morgan fingerprint density at radius 1 is 1.21 bits per heavy atom. The molecule has 5 rings (SSSR count). The summed E-state index contributed by atoms with van der Waals surface area (Å²) in [6.45, 7) is 5.50. The molecule has 2 atom stereocenters. The van der Waals surface area contributed by atoms with E-state index in [1.165, 1.54) is 16.5 Å². The smallest absolute Gasteiger partial charge is 0.227 e. The van der Waals surface area contributed by atoms with E-state index in [2.05, 4.69) is 69.6 Å². The Morgan fingerprint density at radius 3 is 2.71 bits per heavy atom. The van der Waals surface area contributed by atoms with Crippen LogP contribution in [-0.2, 0) is 22.7 Å². The van der Waals surface area contributed by atoms with Crippen molar-refractivity contribution in [2.75, 3.05) is 20.1 Å². The normalized spacial score (nSPS) is 23.1. The quantitative estimate of drug-likeness (QED) is 0.527. The number of allylic oxidation sites excluding steroid dienone is 2. The van der Waals surface area contributed by atoms with Crippen LogP contribution in [0.3, 0.4) is 0 Å². The van der Waals surface area contributed by atoms with Crippen LogP contribution >= 0.6 is 0 Å². The van der Waals surface area contributed by atoms with E-state index in [1.54, 1.807) is 7.05 Å². The van der Waals surface area contributed by atoms with E-state index in [0.29, 0.717) is 25.6 Å². The number of carbonyl (C=O) groups excluding carboxylic acids is 2. The van der Waals surface area contributed by atoms with E-state index in [9.17, 15) is 9.59 Å². The van der Waals surface area contributed by atoms with Gasteiger partial charge in [-0.05, 0) is 49.8 Å². The summed E-state index contributed by atoms with van der Waals surface area (Å²) >= 11 is 0. The lowest BCUT2D eigenvalue weighted by molar-refractivity contribution is -0.141. The summed E-state index contributed by atoms with van der Waals surface area (Å²) < 4.78 is 2.36. The molecule has 1 aromatic carbocycles. The number of amides is 2. The van der Waals surface area contributed by atoms with Gasteiger partial charge in [-0.25, -0.2) is 0 Å². The van der Waals surface area contributed by atoms with Gasteiger partial charge in [-0.15, -0.1) is 0 Å². The van der Waals surface area contributed by atoms with Gasteiger partial charge in [-0.3, -0.25) is 9.59 Å². The van der Waals surface area contributed by atoms with Crippen molar-refractivity contribution >= 4 is 22.7 Å². The van der Waals surface area contributed by atoms with Crippen molar-refractivity contribution in [3.8, 4) is 0 Å². The molecule has 2 aromatic rings. The molecule has 182 valence electrons. The fourth-order valence-corrected chi connectivity index (χ4v) is 5.86. The lowest BCUT2D eigenvalue weighted by Crippen LogP contribution is -2.50. The van der Waals surface area contributed by atoms with Gasteiger partial charge in [0.15, 0.2) is 0 Å². The maximum Gasteiger partial charge on any atom is 0.227 e. The lowest BCUT2D eigenvalue weighted by atomic mass is 9.71. The van der Waals surface area contributed by atoms with Crippen molar-refractivity contribution in [2.24, 2.45) is 17.3 Å². The summed E-state index contributed by atoms with van der Waals surface area (Å²) in [7, 11) is 1.69. The first-order valence-electron chi connectivity index (χ1n) is 13.0. The van der Waals surface area contributed by atoms with Crippen molar-refractivity contribution in [3.63, 3.8) is 0 Å². The minimum Gasteiger partial charge on any atom is -0.359 e. The zero-order valence-corrected chi connectivity index (χ0v) is 20.6. The van der Waals surface area contributed by atoms with Crippen molar-refractivity contribution < 1.29 is 9.59 Å². The second-order valence-electron chi connectivity index (χ2n) is 10.4. The number of rotatable bonds is 10. The standard InChI is InChI=1S/C28H38N4O2/c1-3-4-15-31-18-20(22-7-5-6-8-25(22)31)19-32(21-9-10-21)27(34)23-17-30-14-11-24(23)28(12-13-28)16-26(33)29-2/h5-8,12-13,18,21,23-24,30H,3-4,9-11,14-17,19H2,1-2H3,(H,29,33)/t23-,24-/m0/s1. The van der Waals surface area contributed by atoms with Gasteiger partial charge in [0.05, 0.1) is 5.92 Å². The maximum atomic E-state index is 14.1. The van der Waals surface area contributed by atoms with Crippen molar-refractivity contribution in [3.05, 3.63) is 48.2 Å². The van der Waals surface area contributed by atoms with Crippen molar-refractivity contribution in [1.29, 1.82) is 0 Å². The van der Waals surface area contributed by atoms with Gasteiger partial charge >= 0.3 is 0 Å². The fraction of sp³-hybridized carbons (Fsp3) is 0.571. The van der Waals surface area contributed by atoms with E-state index in [-0.39, 0.29) is 29.1 Å². The molecule has 2 N–H and O–H groups in total. The molecular weight excluding hydrogens is 424 g/mol. The van der Waals surface area contributed by atoms with Gasteiger partial charge in [0.2, 0.25) is 11.8 Å². The van der Waals surface area contributed by atoms with Crippen LogP contribution in [0.25, 0.3) is 10.9 Å². The number of benzene rings is 1. The molecule has 1 saturated carbocycles. The summed E-state index contributed by atoms with van der Waals surface area (Å²) in [5.41, 5.74) is 2.28. The highest BCUT2D eigenvalue weighted by Crippen LogP contribution is 2.51. The molecule has 2 fully saturated rings. The SMILES string of the molecule is CCCCn1cc(CN(C(=O)[C@H]2CNCC[C@@H]2C2(CC(=O)NC)C=C2)C2CC2)c2ccccc21. The average Bonchev–Trinajstić information content (AvgIpc) is 3.80. The lowest BCUT2D eigenvalue weighted by Gasteiger charge is -2.39. The highest BCUT2D eigenvalue weighted by molar-refractivity contribution is 5.86. The third-order valence-electron chi connectivity index (χ3n) is 8.07. The average molecular weight is 463 g/mol. The zero-order valence-electron chi connectivity index (χ0n) is 20.6. The number of carbonyl (C=O) groups is 2. The van der Waals surface area contributed by atoms with Gasteiger partial charge in [-0.2, -0.15) is 0 Å².